The molecular formula is C23H45NO2Si. The molecule has 0 radical (unpaired) electrons. The Labute approximate surface area is 170 Å². The molecule has 3 nitrogen and oxygen atoms in total. The van der Waals surface area contributed by atoms with Crippen LogP contribution in [-0.2, 0) is 9.22 Å². The summed E-state index contributed by atoms with van der Waals surface area (Å²) in [5, 5.41) is 0.188. The molecule has 0 aromatic rings. The van der Waals surface area contributed by atoms with Crippen molar-refractivity contribution in [2.75, 3.05) is 6.54 Å². The predicted molar refractivity (Wildman–Crippen MR) is 119 cm³/mol. The van der Waals surface area contributed by atoms with Gasteiger partial charge in [-0.1, -0.05) is 60.8 Å². The summed E-state index contributed by atoms with van der Waals surface area (Å²) < 4.78 is 6.29. The van der Waals surface area contributed by atoms with Crippen LogP contribution >= 0.6 is 0 Å². The van der Waals surface area contributed by atoms with Crippen LogP contribution in [0.1, 0.15) is 86.5 Å². The van der Waals surface area contributed by atoms with Gasteiger partial charge < -0.3 is 9.33 Å². The van der Waals surface area contributed by atoms with Gasteiger partial charge in [0.25, 0.3) is 0 Å². The zero-order chi connectivity index (χ0) is 20.7. The number of hydrogen-bond donors (Lipinski definition) is 0. The summed E-state index contributed by atoms with van der Waals surface area (Å²) in [4.78, 5) is 14.8. The minimum atomic E-state index is -1.81. The molecule has 0 aromatic heterocycles. The summed E-state index contributed by atoms with van der Waals surface area (Å²) in [7, 11) is -1.81. The summed E-state index contributed by atoms with van der Waals surface area (Å²) in [5.74, 6) is 1.57. The molecule has 1 heterocycles. The first kappa shape index (κ1) is 24.3. The number of amides is 1. The lowest BCUT2D eigenvalue weighted by Gasteiger charge is -2.37. The van der Waals surface area contributed by atoms with Crippen LogP contribution in [0.25, 0.3) is 0 Å². The molecule has 0 N–H and O–H groups in total. The number of carbonyl (C=O) groups excluding carboxylic acids is 1. The number of nitrogens with zero attached hydrogens (tertiary/aromatic N) is 1. The maximum Gasteiger partial charge on any atom is 0.249 e. The van der Waals surface area contributed by atoms with E-state index >= 15 is 0 Å². The molecular weight excluding hydrogens is 350 g/mol. The van der Waals surface area contributed by atoms with Crippen LogP contribution in [0.3, 0.4) is 0 Å². The van der Waals surface area contributed by atoms with E-state index < -0.39 is 8.32 Å². The molecule has 1 aliphatic rings. The van der Waals surface area contributed by atoms with Crippen LogP contribution in [0.15, 0.2) is 12.3 Å². The van der Waals surface area contributed by atoms with E-state index in [-0.39, 0.29) is 17.0 Å². The molecule has 1 rings (SSSR count). The van der Waals surface area contributed by atoms with Gasteiger partial charge in [0.15, 0.2) is 0 Å². The minimum absolute atomic E-state index is 0.153. The second-order valence-corrected chi connectivity index (χ2v) is 14.7. The van der Waals surface area contributed by atoms with E-state index in [0.29, 0.717) is 12.3 Å². The molecule has 1 saturated heterocycles. The number of carbonyl (C=O) groups is 1. The fraction of sp³-hybridized carbons (Fsp3) is 0.870. The fourth-order valence-corrected chi connectivity index (χ4v) is 4.49. The quantitative estimate of drug-likeness (QED) is 0.380. The highest BCUT2D eigenvalue weighted by molar-refractivity contribution is 6.74. The monoisotopic (exact) mass is 395 g/mol. The van der Waals surface area contributed by atoms with E-state index in [1.807, 2.05) is 13.2 Å². The zero-order valence-corrected chi connectivity index (χ0v) is 20.3. The van der Waals surface area contributed by atoms with Gasteiger partial charge in [-0.3, -0.25) is 4.79 Å². The Kier molecular flexibility index (Phi) is 9.60. The van der Waals surface area contributed by atoms with Crippen molar-refractivity contribution in [3.8, 4) is 0 Å². The SMILES string of the molecule is CCC(=O)N1CCC[C@@H](CC)CCC[C@@H](C)[C@@H]1/C=C/O[Si](C)(C)C(C)(C)C. The normalized spacial score (nSPS) is 26.2. The molecule has 0 saturated carbocycles. The molecule has 0 spiro atoms. The van der Waals surface area contributed by atoms with Crippen molar-refractivity contribution >= 4 is 14.2 Å². The summed E-state index contributed by atoms with van der Waals surface area (Å²) >= 11 is 0. The first-order chi connectivity index (χ1) is 12.5. The Morgan fingerprint density at radius 2 is 1.78 bits per heavy atom. The molecule has 0 aliphatic carbocycles. The smallest absolute Gasteiger partial charge is 0.249 e. The van der Waals surface area contributed by atoms with Gasteiger partial charge in [-0.2, -0.15) is 0 Å². The Balaban J connectivity index is 2.97. The third-order valence-electron chi connectivity index (χ3n) is 6.87. The lowest BCUT2D eigenvalue weighted by atomic mass is 9.87. The van der Waals surface area contributed by atoms with E-state index in [2.05, 4.69) is 58.7 Å². The summed E-state index contributed by atoms with van der Waals surface area (Å²) in [6, 6.07) is 0.153. The molecule has 1 aliphatic heterocycles. The van der Waals surface area contributed by atoms with Gasteiger partial charge in [-0.15, -0.1) is 0 Å². The molecule has 0 aromatic carbocycles. The minimum Gasteiger partial charge on any atom is -0.549 e. The predicted octanol–water partition coefficient (Wildman–Crippen LogP) is 6.76. The van der Waals surface area contributed by atoms with Gasteiger partial charge in [0.05, 0.1) is 12.3 Å². The van der Waals surface area contributed by atoms with Crippen molar-refractivity contribution in [2.24, 2.45) is 11.8 Å². The molecule has 4 heteroatoms. The van der Waals surface area contributed by atoms with E-state index in [0.717, 1.165) is 18.9 Å². The highest BCUT2D eigenvalue weighted by Gasteiger charge is 2.38. The fourth-order valence-electron chi connectivity index (χ4n) is 3.71. The van der Waals surface area contributed by atoms with Crippen LogP contribution in [0.4, 0.5) is 0 Å². The molecule has 0 bridgehead atoms. The molecule has 3 atom stereocenters. The van der Waals surface area contributed by atoms with E-state index in [4.69, 9.17) is 4.43 Å². The highest BCUT2D eigenvalue weighted by Crippen LogP contribution is 2.37. The van der Waals surface area contributed by atoms with Crippen LogP contribution in [0.2, 0.25) is 18.1 Å². The molecule has 158 valence electrons. The van der Waals surface area contributed by atoms with Crippen molar-refractivity contribution in [1.82, 2.24) is 4.90 Å². The van der Waals surface area contributed by atoms with Crippen molar-refractivity contribution < 1.29 is 9.22 Å². The largest absolute Gasteiger partial charge is 0.549 e. The van der Waals surface area contributed by atoms with Crippen molar-refractivity contribution in [1.29, 1.82) is 0 Å². The van der Waals surface area contributed by atoms with Crippen molar-refractivity contribution in [3.05, 3.63) is 12.3 Å². The lowest BCUT2D eigenvalue weighted by molar-refractivity contribution is -0.133. The van der Waals surface area contributed by atoms with Gasteiger partial charge in [0.1, 0.15) is 0 Å². The maximum atomic E-state index is 12.7. The second-order valence-electron chi connectivity index (χ2n) is 9.96. The van der Waals surface area contributed by atoms with Crippen LogP contribution in [0, 0.1) is 11.8 Å². The zero-order valence-electron chi connectivity index (χ0n) is 19.3. The molecule has 0 unspecified atom stereocenters. The van der Waals surface area contributed by atoms with E-state index in [1.54, 1.807) is 0 Å². The Bertz CT molecular complexity index is 481. The summed E-state index contributed by atoms with van der Waals surface area (Å²) in [5.41, 5.74) is 0. The Morgan fingerprint density at radius 1 is 1.15 bits per heavy atom. The van der Waals surface area contributed by atoms with Crippen molar-refractivity contribution in [3.63, 3.8) is 0 Å². The maximum absolute atomic E-state index is 12.7. The van der Waals surface area contributed by atoms with Crippen LogP contribution in [-0.4, -0.2) is 31.7 Å². The average molecular weight is 396 g/mol. The van der Waals surface area contributed by atoms with Gasteiger partial charge in [0.2, 0.25) is 14.2 Å². The van der Waals surface area contributed by atoms with Gasteiger partial charge in [-0.05, 0) is 55.3 Å². The molecule has 27 heavy (non-hydrogen) atoms. The third kappa shape index (κ3) is 7.28. The van der Waals surface area contributed by atoms with Gasteiger partial charge >= 0.3 is 0 Å². The molecule has 1 amide bonds. The first-order valence-corrected chi connectivity index (χ1v) is 14.1. The highest BCUT2D eigenvalue weighted by atomic mass is 28.4. The standard InChI is InChI=1S/C23H45NO2Si/c1-9-20-14-11-13-19(3)21(24(17-12-15-20)22(25)10-2)16-18-26-27(7,8)23(4,5)6/h16,18-21H,9-15,17H2,1-8H3/b18-16+/t19-,20+,21+/m1/s1. The van der Waals surface area contributed by atoms with Crippen molar-refractivity contribution in [2.45, 2.75) is 111 Å². The topological polar surface area (TPSA) is 29.5 Å². The van der Waals surface area contributed by atoms with Crippen LogP contribution in [0.5, 0.6) is 0 Å². The Hall–Kier alpha value is -0.773. The Morgan fingerprint density at radius 3 is 2.33 bits per heavy atom. The first-order valence-electron chi connectivity index (χ1n) is 11.2. The van der Waals surface area contributed by atoms with E-state index in [1.165, 1.54) is 32.1 Å². The van der Waals surface area contributed by atoms with Gasteiger partial charge in [-0.25, -0.2) is 0 Å². The van der Waals surface area contributed by atoms with Gasteiger partial charge in [0, 0.05) is 13.0 Å². The van der Waals surface area contributed by atoms with Crippen LogP contribution < -0.4 is 0 Å². The average Bonchev–Trinajstić information content (AvgIpc) is 2.59. The number of hydrogen-bond acceptors (Lipinski definition) is 2. The summed E-state index contributed by atoms with van der Waals surface area (Å²) in [6.07, 6.45) is 12.1. The molecule has 1 fully saturated rings. The van der Waals surface area contributed by atoms with E-state index in [9.17, 15) is 4.79 Å². The second kappa shape index (κ2) is 10.7. The summed E-state index contributed by atoms with van der Waals surface area (Å²) in [6.45, 7) is 18.8. The third-order valence-corrected chi connectivity index (χ3v) is 11.2. The lowest BCUT2D eigenvalue weighted by Crippen LogP contribution is -2.44. The number of rotatable bonds is 5.